The first kappa shape index (κ1) is 17.8. The van der Waals surface area contributed by atoms with Crippen LogP contribution in [-0.2, 0) is 11.8 Å². The summed E-state index contributed by atoms with van der Waals surface area (Å²) in [6.07, 6.45) is 3.19. The zero-order valence-corrected chi connectivity index (χ0v) is 15.5. The van der Waals surface area contributed by atoms with Crippen LogP contribution in [-0.4, -0.2) is 56.9 Å². The molecule has 0 atom stereocenters. The zero-order chi connectivity index (χ0) is 19.7. The molecule has 1 aliphatic heterocycles. The van der Waals surface area contributed by atoms with Gasteiger partial charge in [0.05, 0.1) is 30.5 Å². The molecule has 28 heavy (non-hydrogen) atoms. The Morgan fingerprint density at radius 3 is 2.79 bits per heavy atom. The minimum atomic E-state index is -0.257. The monoisotopic (exact) mass is 380 g/mol. The van der Waals surface area contributed by atoms with Crippen molar-refractivity contribution in [3.8, 4) is 17.0 Å². The number of hydrogen-bond donors (Lipinski definition) is 2. The Labute approximate surface area is 161 Å². The van der Waals surface area contributed by atoms with Crippen LogP contribution in [0.25, 0.3) is 11.3 Å². The fourth-order valence-electron chi connectivity index (χ4n) is 3.14. The van der Waals surface area contributed by atoms with Gasteiger partial charge >= 0.3 is 0 Å². The maximum absolute atomic E-state index is 12.4. The second kappa shape index (κ2) is 7.18. The van der Waals surface area contributed by atoms with Crippen molar-refractivity contribution in [2.75, 3.05) is 25.5 Å². The average Bonchev–Trinajstić information content (AvgIpc) is 3.29. The summed E-state index contributed by atoms with van der Waals surface area (Å²) in [6.45, 7) is 0.757. The molecule has 3 heterocycles. The van der Waals surface area contributed by atoms with Crippen LogP contribution in [0.2, 0.25) is 0 Å². The molecule has 0 bridgehead atoms. The summed E-state index contributed by atoms with van der Waals surface area (Å²) in [6, 6.07) is 9.31. The number of aromatic nitrogens is 4. The van der Waals surface area contributed by atoms with Crippen molar-refractivity contribution in [3.05, 3.63) is 48.3 Å². The highest BCUT2D eigenvalue weighted by molar-refractivity contribution is 5.98. The Morgan fingerprint density at radius 1 is 1.29 bits per heavy atom. The first-order valence-corrected chi connectivity index (χ1v) is 8.82. The number of amides is 2. The number of H-pyrrole nitrogens is 1. The van der Waals surface area contributed by atoms with E-state index in [0.717, 1.165) is 11.3 Å². The lowest BCUT2D eigenvalue weighted by atomic mass is 9.98. The summed E-state index contributed by atoms with van der Waals surface area (Å²) in [4.78, 5) is 26.4. The fourth-order valence-corrected chi connectivity index (χ4v) is 3.14. The van der Waals surface area contributed by atoms with Gasteiger partial charge in [-0.25, -0.2) is 0 Å². The van der Waals surface area contributed by atoms with E-state index in [0.29, 0.717) is 30.2 Å². The molecule has 1 aromatic carbocycles. The van der Waals surface area contributed by atoms with E-state index in [2.05, 4.69) is 20.6 Å². The van der Waals surface area contributed by atoms with E-state index < -0.39 is 0 Å². The third-order valence-electron chi connectivity index (χ3n) is 4.72. The van der Waals surface area contributed by atoms with Gasteiger partial charge in [0.15, 0.2) is 5.82 Å². The Balaban J connectivity index is 1.35. The number of aryl methyl sites for hydroxylation is 1. The molecule has 2 N–H and O–H groups in total. The van der Waals surface area contributed by atoms with Crippen molar-refractivity contribution in [3.63, 3.8) is 0 Å². The van der Waals surface area contributed by atoms with Gasteiger partial charge in [-0.1, -0.05) is 12.1 Å². The molecule has 0 aliphatic carbocycles. The van der Waals surface area contributed by atoms with Crippen LogP contribution in [0.4, 0.5) is 5.82 Å². The van der Waals surface area contributed by atoms with Gasteiger partial charge in [0, 0.05) is 38.0 Å². The van der Waals surface area contributed by atoms with E-state index >= 15 is 0 Å². The summed E-state index contributed by atoms with van der Waals surface area (Å²) in [5, 5.41) is 13.9. The van der Waals surface area contributed by atoms with E-state index in [1.165, 1.54) is 6.20 Å². The number of likely N-dealkylation sites (tertiary alicyclic amines) is 1. The number of nitrogens with zero attached hydrogens (tertiary/aromatic N) is 4. The lowest BCUT2D eigenvalue weighted by Crippen LogP contribution is -2.54. The smallest absolute Gasteiger partial charge is 0.257 e. The van der Waals surface area contributed by atoms with Gasteiger partial charge in [-0.3, -0.25) is 19.4 Å². The van der Waals surface area contributed by atoms with Crippen LogP contribution in [0.3, 0.4) is 0 Å². The van der Waals surface area contributed by atoms with E-state index in [1.54, 1.807) is 36.0 Å². The molecule has 0 saturated carbocycles. The molecule has 2 amide bonds. The first-order chi connectivity index (χ1) is 13.5. The van der Waals surface area contributed by atoms with Crippen LogP contribution in [0.15, 0.2) is 42.7 Å². The number of carbonyl (C=O) groups excluding carboxylic acids is 2. The number of aromatic amines is 1. The second-order valence-corrected chi connectivity index (χ2v) is 6.67. The quantitative estimate of drug-likeness (QED) is 0.698. The number of hydrogen-bond acceptors (Lipinski definition) is 5. The van der Waals surface area contributed by atoms with Gasteiger partial charge < -0.3 is 15.0 Å². The molecule has 3 aromatic rings. The van der Waals surface area contributed by atoms with Crippen LogP contribution in [0.5, 0.6) is 5.75 Å². The number of rotatable bonds is 5. The topological polar surface area (TPSA) is 105 Å². The molecule has 1 aliphatic rings. The van der Waals surface area contributed by atoms with Crippen molar-refractivity contribution in [2.45, 2.75) is 0 Å². The number of benzene rings is 1. The summed E-state index contributed by atoms with van der Waals surface area (Å²) >= 11 is 0. The number of ether oxygens (including phenoxy) is 1. The third-order valence-corrected chi connectivity index (χ3v) is 4.72. The zero-order valence-electron chi connectivity index (χ0n) is 15.5. The maximum atomic E-state index is 12.4. The Morgan fingerprint density at radius 2 is 2.07 bits per heavy atom. The molecule has 9 heteroatoms. The highest BCUT2D eigenvalue weighted by Gasteiger charge is 2.36. The highest BCUT2D eigenvalue weighted by Crippen LogP contribution is 2.29. The summed E-state index contributed by atoms with van der Waals surface area (Å²) in [5.41, 5.74) is 2.12. The normalized spacial score (nSPS) is 13.9. The van der Waals surface area contributed by atoms with Gasteiger partial charge in [0.2, 0.25) is 5.91 Å². The third kappa shape index (κ3) is 3.34. The Hall–Kier alpha value is -3.62. The van der Waals surface area contributed by atoms with Crippen LogP contribution >= 0.6 is 0 Å². The van der Waals surface area contributed by atoms with Crippen LogP contribution in [0.1, 0.15) is 10.4 Å². The molecule has 144 valence electrons. The lowest BCUT2D eigenvalue weighted by Gasteiger charge is -2.37. The van der Waals surface area contributed by atoms with Crippen molar-refractivity contribution in [1.82, 2.24) is 24.9 Å². The van der Waals surface area contributed by atoms with Crippen molar-refractivity contribution < 1.29 is 14.3 Å². The van der Waals surface area contributed by atoms with Crippen LogP contribution in [0, 0.1) is 5.92 Å². The standard InChI is InChI=1S/C19H20N6O3/c1-24-9-12(8-20-24)19(27)25-10-13(11-25)18(26)21-17-7-15(22-23-17)14-5-3-4-6-16(14)28-2/h3-9,13H,10-11H2,1-2H3,(H2,21,22,23,26). The Bertz CT molecular complexity index is 1020. The van der Waals surface area contributed by atoms with E-state index in [9.17, 15) is 9.59 Å². The van der Waals surface area contributed by atoms with Crippen LogP contribution < -0.4 is 10.1 Å². The van der Waals surface area contributed by atoms with Gasteiger partial charge in [-0.2, -0.15) is 10.2 Å². The van der Waals surface area contributed by atoms with Gasteiger partial charge in [-0.05, 0) is 12.1 Å². The van der Waals surface area contributed by atoms with Crippen molar-refractivity contribution in [1.29, 1.82) is 0 Å². The first-order valence-electron chi connectivity index (χ1n) is 8.82. The molecule has 4 rings (SSSR count). The summed E-state index contributed by atoms with van der Waals surface area (Å²) in [7, 11) is 3.36. The SMILES string of the molecule is COc1ccccc1-c1cc(NC(=O)C2CN(C(=O)c3cnn(C)c3)C2)n[nH]1. The molecule has 9 nitrogen and oxygen atoms in total. The predicted molar refractivity (Wildman–Crippen MR) is 102 cm³/mol. The Kier molecular flexibility index (Phi) is 4.56. The van der Waals surface area contributed by atoms with E-state index in [4.69, 9.17) is 4.74 Å². The molecule has 2 aromatic heterocycles. The molecule has 0 radical (unpaired) electrons. The number of para-hydroxylation sites is 1. The molecule has 0 spiro atoms. The molecular weight excluding hydrogens is 360 g/mol. The maximum Gasteiger partial charge on any atom is 0.257 e. The number of nitrogens with one attached hydrogen (secondary N) is 2. The predicted octanol–water partition coefficient (Wildman–Crippen LogP) is 1.53. The number of anilines is 1. The van der Waals surface area contributed by atoms with Crippen molar-refractivity contribution in [2.24, 2.45) is 13.0 Å². The van der Waals surface area contributed by atoms with Crippen molar-refractivity contribution >= 4 is 17.6 Å². The van der Waals surface area contributed by atoms with E-state index in [1.807, 2.05) is 24.3 Å². The van der Waals surface area contributed by atoms with Gasteiger partial charge in [0.25, 0.3) is 5.91 Å². The average molecular weight is 380 g/mol. The number of methoxy groups -OCH3 is 1. The largest absolute Gasteiger partial charge is 0.496 e. The lowest BCUT2D eigenvalue weighted by molar-refractivity contribution is -0.123. The molecule has 0 unspecified atom stereocenters. The minimum Gasteiger partial charge on any atom is -0.496 e. The molecular formula is C19H20N6O3. The van der Waals surface area contributed by atoms with E-state index in [-0.39, 0.29) is 17.7 Å². The van der Waals surface area contributed by atoms with Gasteiger partial charge in [-0.15, -0.1) is 0 Å². The number of carbonyl (C=O) groups is 2. The second-order valence-electron chi connectivity index (χ2n) is 6.67. The molecule has 1 saturated heterocycles. The highest BCUT2D eigenvalue weighted by atomic mass is 16.5. The summed E-state index contributed by atoms with van der Waals surface area (Å²) < 4.78 is 6.93. The molecule has 1 fully saturated rings. The fraction of sp³-hybridized carbons (Fsp3) is 0.263. The summed E-state index contributed by atoms with van der Waals surface area (Å²) in [5.74, 6) is 0.617. The van der Waals surface area contributed by atoms with Gasteiger partial charge in [0.1, 0.15) is 5.75 Å². The minimum absolute atomic E-state index is 0.115.